The Morgan fingerprint density at radius 1 is 1.12 bits per heavy atom. The molecule has 0 aliphatic carbocycles. The van der Waals surface area contributed by atoms with Gasteiger partial charge in [0.05, 0.1) is 11.2 Å². The first-order valence-electron chi connectivity index (χ1n) is 7.83. The fourth-order valence-corrected chi connectivity index (χ4v) is 2.74. The average molecular weight is 362 g/mol. The molecule has 128 valence electrons. The summed E-state index contributed by atoms with van der Waals surface area (Å²) in [5, 5.41) is 26.2. The fraction of sp³-hybridized carbons (Fsp3) is 0. The second-order valence-electron chi connectivity index (χ2n) is 5.50. The molecule has 0 saturated carbocycles. The minimum absolute atomic E-state index is 0.0404. The number of aromatic nitrogens is 3. The van der Waals surface area contributed by atoms with Crippen molar-refractivity contribution in [2.75, 3.05) is 5.32 Å². The van der Waals surface area contributed by atoms with E-state index in [4.69, 9.17) is 12.2 Å². The summed E-state index contributed by atoms with van der Waals surface area (Å²) in [5.41, 5.74) is 2.87. The van der Waals surface area contributed by atoms with Gasteiger partial charge in [-0.3, -0.25) is 0 Å². The molecule has 0 aliphatic rings. The highest BCUT2D eigenvalue weighted by atomic mass is 32.1. The third-order valence-corrected chi connectivity index (χ3v) is 3.97. The molecular weight excluding hydrogens is 348 g/mol. The summed E-state index contributed by atoms with van der Waals surface area (Å²) in [4.78, 5) is 2.85. The van der Waals surface area contributed by atoms with E-state index in [1.807, 2.05) is 60.8 Å². The summed E-state index contributed by atoms with van der Waals surface area (Å²) in [6.07, 6.45) is 3.59. The number of para-hydroxylation sites is 1. The van der Waals surface area contributed by atoms with E-state index < -0.39 is 0 Å². The smallest absolute Gasteiger partial charge is 0.218 e. The highest BCUT2D eigenvalue weighted by Gasteiger charge is 2.09. The van der Waals surface area contributed by atoms with Crippen LogP contribution in [0.25, 0.3) is 16.6 Å². The number of hydrogen-bond donors (Lipinski definition) is 3. The lowest BCUT2D eigenvalue weighted by Crippen LogP contribution is -2.05. The van der Waals surface area contributed by atoms with Gasteiger partial charge >= 0.3 is 0 Å². The van der Waals surface area contributed by atoms with Gasteiger partial charge in [0.25, 0.3) is 0 Å². The molecule has 0 atom stereocenters. The quantitative estimate of drug-likeness (QED) is 0.369. The third-order valence-electron chi connectivity index (χ3n) is 3.79. The number of thiocarbonyl (C=S) groups is 1. The summed E-state index contributed by atoms with van der Waals surface area (Å²) >= 11 is 5.21. The maximum atomic E-state index is 9.98. The van der Waals surface area contributed by atoms with Gasteiger partial charge in [-0.15, -0.1) is 10.2 Å². The molecule has 3 N–H and O–H groups in total. The highest BCUT2D eigenvalue weighted by molar-refractivity contribution is 7.80. The number of rotatable bonds is 3. The monoisotopic (exact) mass is 362 g/mol. The zero-order valence-electron chi connectivity index (χ0n) is 13.5. The predicted octanol–water partition coefficient (Wildman–Crippen LogP) is 4.54. The molecule has 4 aromatic rings. The summed E-state index contributed by atoms with van der Waals surface area (Å²) in [6, 6.07) is 16.9. The Morgan fingerprint density at radius 2 is 1.92 bits per heavy atom. The summed E-state index contributed by atoms with van der Waals surface area (Å²) in [6.45, 7) is 0. The van der Waals surface area contributed by atoms with Crippen LogP contribution in [-0.2, 0) is 0 Å². The van der Waals surface area contributed by atoms with Gasteiger partial charge in [0.2, 0.25) is 11.0 Å². The topological polar surface area (TPSA) is 90.6 Å². The standard InChI is InChI=1S/C18H14N6OS/c25-17-16(14-4-1-2-5-15(14)21-17)22-23-18(26)20-12-6-8-13(9-7-12)24-11-3-10-19-24/h1-11,21,25H,(H,20,26). The van der Waals surface area contributed by atoms with Crippen LogP contribution in [0.5, 0.6) is 5.88 Å². The first-order valence-corrected chi connectivity index (χ1v) is 8.24. The van der Waals surface area contributed by atoms with Crippen LogP contribution in [0.3, 0.4) is 0 Å². The first kappa shape index (κ1) is 16.0. The molecule has 0 amide bonds. The van der Waals surface area contributed by atoms with E-state index in [-0.39, 0.29) is 11.0 Å². The van der Waals surface area contributed by atoms with E-state index in [0.717, 1.165) is 22.3 Å². The number of nitrogens with one attached hydrogen (secondary N) is 2. The van der Waals surface area contributed by atoms with Gasteiger partial charge in [-0.2, -0.15) is 5.10 Å². The van der Waals surface area contributed by atoms with Gasteiger partial charge in [-0.25, -0.2) is 4.68 Å². The van der Waals surface area contributed by atoms with Crippen LogP contribution in [-0.4, -0.2) is 25.0 Å². The number of H-pyrrole nitrogens is 1. The van der Waals surface area contributed by atoms with Crippen molar-refractivity contribution in [3.63, 3.8) is 0 Å². The Hall–Kier alpha value is -3.52. The van der Waals surface area contributed by atoms with Gasteiger partial charge in [0.1, 0.15) is 0 Å². The number of nitrogens with zero attached hydrogens (tertiary/aromatic N) is 4. The second kappa shape index (κ2) is 6.77. The molecule has 4 rings (SSSR count). The average Bonchev–Trinajstić information content (AvgIpc) is 3.28. The molecule has 0 unspecified atom stereocenters. The number of aromatic amines is 1. The van der Waals surface area contributed by atoms with E-state index >= 15 is 0 Å². The van der Waals surface area contributed by atoms with Crippen LogP contribution < -0.4 is 5.32 Å². The van der Waals surface area contributed by atoms with Crippen molar-refractivity contribution in [2.24, 2.45) is 10.2 Å². The molecule has 7 nitrogen and oxygen atoms in total. The molecule has 0 aliphatic heterocycles. The van der Waals surface area contributed by atoms with E-state index in [1.165, 1.54) is 0 Å². The molecule has 8 heteroatoms. The lowest BCUT2D eigenvalue weighted by molar-refractivity contribution is 0.459. The normalized spacial score (nSPS) is 11.2. The highest BCUT2D eigenvalue weighted by Crippen LogP contribution is 2.35. The van der Waals surface area contributed by atoms with Gasteiger partial charge < -0.3 is 15.4 Å². The minimum Gasteiger partial charge on any atom is -0.493 e. The SMILES string of the molecule is Oc1[nH]c2ccccc2c1N=NC(=S)Nc1ccc(-n2cccn2)cc1. The van der Waals surface area contributed by atoms with Crippen LogP contribution in [0, 0.1) is 0 Å². The lowest BCUT2D eigenvalue weighted by Gasteiger charge is -2.05. The van der Waals surface area contributed by atoms with E-state index in [0.29, 0.717) is 5.69 Å². The van der Waals surface area contributed by atoms with Gasteiger partial charge in [0.15, 0.2) is 5.69 Å². The zero-order chi connectivity index (χ0) is 17.9. The number of benzene rings is 2. The van der Waals surface area contributed by atoms with E-state index in [9.17, 15) is 5.11 Å². The zero-order valence-corrected chi connectivity index (χ0v) is 14.3. The van der Waals surface area contributed by atoms with Crippen LogP contribution in [0.4, 0.5) is 11.4 Å². The molecule has 0 spiro atoms. The van der Waals surface area contributed by atoms with Crippen LogP contribution in [0.2, 0.25) is 0 Å². The summed E-state index contributed by atoms with van der Waals surface area (Å²) < 4.78 is 1.77. The number of hydrogen-bond acceptors (Lipinski definition) is 4. The molecular formula is C18H14N6OS. The molecule has 26 heavy (non-hydrogen) atoms. The van der Waals surface area contributed by atoms with Crippen molar-refractivity contribution < 1.29 is 5.11 Å². The van der Waals surface area contributed by atoms with Crippen molar-refractivity contribution in [3.05, 3.63) is 67.0 Å². The maximum absolute atomic E-state index is 9.98. The van der Waals surface area contributed by atoms with E-state index in [2.05, 4.69) is 25.6 Å². The number of fused-ring (bicyclic) bond motifs is 1. The van der Waals surface area contributed by atoms with Crippen molar-refractivity contribution in [1.29, 1.82) is 0 Å². The lowest BCUT2D eigenvalue weighted by atomic mass is 10.2. The Bertz CT molecular complexity index is 1080. The molecule has 2 aromatic heterocycles. The van der Waals surface area contributed by atoms with Crippen LogP contribution in [0.15, 0.2) is 77.2 Å². The van der Waals surface area contributed by atoms with Crippen molar-refractivity contribution in [3.8, 4) is 11.6 Å². The van der Waals surface area contributed by atoms with Gasteiger partial charge in [0, 0.05) is 23.5 Å². The van der Waals surface area contributed by atoms with Gasteiger partial charge in [-0.1, -0.05) is 18.2 Å². The van der Waals surface area contributed by atoms with Crippen molar-refractivity contribution in [2.45, 2.75) is 0 Å². The molecule has 2 heterocycles. The minimum atomic E-state index is -0.0404. The molecule has 0 radical (unpaired) electrons. The summed E-state index contributed by atoms with van der Waals surface area (Å²) in [5.74, 6) is -0.0404. The Morgan fingerprint density at radius 3 is 2.69 bits per heavy atom. The van der Waals surface area contributed by atoms with Crippen LogP contribution >= 0.6 is 12.2 Å². The maximum Gasteiger partial charge on any atom is 0.218 e. The largest absolute Gasteiger partial charge is 0.493 e. The first-order chi connectivity index (χ1) is 12.7. The molecule has 0 bridgehead atoms. The number of azo groups is 1. The summed E-state index contributed by atoms with van der Waals surface area (Å²) in [7, 11) is 0. The Labute approximate surface area is 154 Å². The second-order valence-corrected chi connectivity index (χ2v) is 5.88. The number of anilines is 1. The third kappa shape index (κ3) is 3.17. The Balaban J connectivity index is 1.48. The molecule has 2 aromatic carbocycles. The van der Waals surface area contributed by atoms with Crippen molar-refractivity contribution in [1.82, 2.24) is 14.8 Å². The number of aromatic hydroxyl groups is 1. The molecule has 0 saturated heterocycles. The predicted molar refractivity (Wildman–Crippen MR) is 104 cm³/mol. The van der Waals surface area contributed by atoms with Crippen LogP contribution in [0.1, 0.15) is 0 Å². The van der Waals surface area contributed by atoms with Crippen molar-refractivity contribution >= 4 is 39.6 Å². The fourth-order valence-electron chi connectivity index (χ4n) is 2.58. The Kier molecular flexibility index (Phi) is 4.16. The molecule has 0 fully saturated rings. The van der Waals surface area contributed by atoms with Gasteiger partial charge in [-0.05, 0) is 48.6 Å². The van der Waals surface area contributed by atoms with E-state index in [1.54, 1.807) is 10.9 Å².